The number of likely N-dealkylation sites (tertiary alicyclic amines) is 1. The van der Waals surface area contributed by atoms with Crippen LogP contribution in [0.2, 0.25) is 0 Å². The van der Waals surface area contributed by atoms with Crippen molar-refractivity contribution in [1.82, 2.24) is 4.90 Å². The average molecular weight is 248 g/mol. The zero-order chi connectivity index (χ0) is 9.26. The van der Waals surface area contributed by atoms with E-state index in [1.165, 1.54) is 0 Å². The summed E-state index contributed by atoms with van der Waals surface area (Å²) in [7, 11) is 0. The first-order chi connectivity index (χ1) is 6.27. The number of nitrogens with zero attached hydrogens (tertiary/aromatic N) is 1. The Balaban J connectivity index is 1.84. The number of alkyl halides is 1. The van der Waals surface area contributed by atoms with Gasteiger partial charge in [-0.25, -0.2) is 0 Å². The van der Waals surface area contributed by atoms with Crippen molar-refractivity contribution >= 4 is 21.8 Å². The summed E-state index contributed by atoms with van der Waals surface area (Å²) in [6.45, 7) is 2.54. The summed E-state index contributed by atoms with van der Waals surface area (Å²) in [5.41, 5.74) is 0. The predicted octanol–water partition coefficient (Wildman–Crippen LogP) is 1.16. The summed E-state index contributed by atoms with van der Waals surface area (Å²) in [5, 5.41) is 0. The second-order valence-electron chi connectivity index (χ2n) is 3.68. The lowest BCUT2D eigenvalue weighted by Crippen LogP contribution is -2.34. The maximum absolute atomic E-state index is 11.5. The smallest absolute Gasteiger partial charge is 0.236 e. The van der Waals surface area contributed by atoms with E-state index >= 15 is 0 Å². The molecule has 2 fully saturated rings. The second kappa shape index (κ2) is 3.96. The summed E-state index contributed by atoms with van der Waals surface area (Å²) in [6.07, 6.45) is 3.48. The number of carbonyl (C=O) groups is 1. The number of rotatable bonds is 2. The Kier molecular flexibility index (Phi) is 2.89. The van der Waals surface area contributed by atoms with Crippen LogP contribution in [0.5, 0.6) is 0 Å². The van der Waals surface area contributed by atoms with E-state index < -0.39 is 0 Å². The molecule has 0 spiro atoms. The van der Waals surface area contributed by atoms with Crippen molar-refractivity contribution in [2.75, 3.05) is 19.7 Å². The predicted molar refractivity (Wildman–Crippen MR) is 52.9 cm³/mol. The summed E-state index contributed by atoms with van der Waals surface area (Å²) in [4.78, 5) is 13.5. The molecule has 0 aromatic carbocycles. The Morgan fingerprint density at radius 2 is 2.38 bits per heavy atom. The van der Waals surface area contributed by atoms with Gasteiger partial charge in [0.25, 0.3) is 0 Å². The first kappa shape index (κ1) is 9.46. The van der Waals surface area contributed by atoms with Gasteiger partial charge in [0, 0.05) is 19.7 Å². The van der Waals surface area contributed by atoms with Crippen LogP contribution in [0.4, 0.5) is 0 Å². The van der Waals surface area contributed by atoms with Crippen LogP contribution in [0.1, 0.15) is 19.3 Å². The molecule has 2 aliphatic heterocycles. The van der Waals surface area contributed by atoms with Gasteiger partial charge in [-0.15, -0.1) is 0 Å². The molecule has 2 saturated heterocycles. The molecule has 0 bridgehead atoms. The minimum absolute atomic E-state index is 0.0499. The highest BCUT2D eigenvalue weighted by Crippen LogP contribution is 2.21. The van der Waals surface area contributed by atoms with Crippen LogP contribution in [-0.2, 0) is 9.53 Å². The Hall–Kier alpha value is -0.0900. The number of hydrogen-bond acceptors (Lipinski definition) is 2. The molecule has 3 nitrogen and oxygen atoms in total. The minimum atomic E-state index is 0.0499. The average Bonchev–Trinajstić information content (AvgIpc) is 2.71. The van der Waals surface area contributed by atoms with Gasteiger partial charge in [-0.05, 0) is 19.3 Å². The molecule has 0 radical (unpaired) electrons. The Bertz CT molecular complexity index is 204. The first-order valence-electron chi connectivity index (χ1n) is 4.82. The van der Waals surface area contributed by atoms with Crippen molar-refractivity contribution < 1.29 is 9.53 Å². The fraction of sp³-hybridized carbons (Fsp3) is 0.889. The third kappa shape index (κ3) is 2.05. The zero-order valence-electron chi connectivity index (χ0n) is 7.54. The topological polar surface area (TPSA) is 29.5 Å². The van der Waals surface area contributed by atoms with Crippen LogP contribution in [0, 0.1) is 0 Å². The van der Waals surface area contributed by atoms with Crippen LogP contribution in [0.3, 0.4) is 0 Å². The maximum Gasteiger partial charge on any atom is 0.236 e. The number of halogens is 1. The highest BCUT2D eigenvalue weighted by Gasteiger charge is 2.31. The first-order valence-corrected chi connectivity index (χ1v) is 5.73. The fourth-order valence-corrected chi connectivity index (χ4v) is 2.41. The largest absolute Gasteiger partial charge is 0.376 e. The molecule has 0 aromatic heterocycles. The molecule has 0 aliphatic carbocycles. The third-order valence-corrected chi connectivity index (χ3v) is 3.53. The van der Waals surface area contributed by atoms with Gasteiger partial charge in [-0.1, -0.05) is 15.9 Å². The number of ether oxygens (including phenoxy) is 1. The molecule has 0 N–H and O–H groups in total. The van der Waals surface area contributed by atoms with E-state index in [1.807, 2.05) is 4.90 Å². The molecule has 1 amide bonds. The third-order valence-electron chi connectivity index (χ3n) is 2.68. The molecule has 2 heterocycles. The van der Waals surface area contributed by atoms with Gasteiger partial charge in [-0.2, -0.15) is 0 Å². The molecule has 2 aliphatic rings. The molecule has 2 atom stereocenters. The molecule has 4 heteroatoms. The van der Waals surface area contributed by atoms with Gasteiger partial charge in [0.05, 0.1) is 10.9 Å². The van der Waals surface area contributed by atoms with Gasteiger partial charge in [0.2, 0.25) is 5.91 Å². The van der Waals surface area contributed by atoms with Crippen LogP contribution >= 0.6 is 15.9 Å². The Morgan fingerprint density at radius 3 is 2.92 bits per heavy atom. The van der Waals surface area contributed by atoms with Gasteiger partial charge in [0.15, 0.2) is 0 Å². The van der Waals surface area contributed by atoms with E-state index in [1.54, 1.807) is 0 Å². The quantitative estimate of drug-likeness (QED) is 0.686. The standard InChI is InChI=1S/C9H14BrNO2/c10-8-3-4-11(9(8)12)6-7-2-1-5-13-7/h7-8H,1-6H2/t7-,8+/m0/s1. The van der Waals surface area contributed by atoms with E-state index in [0.29, 0.717) is 6.10 Å². The van der Waals surface area contributed by atoms with E-state index in [9.17, 15) is 4.79 Å². The van der Waals surface area contributed by atoms with Gasteiger partial charge >= 0.3 is 0 Å². The van der Waals surface area contributed by atoms with E-state index in [2.05, 4.69) is 15.9 Å². The zero-order valence-corrected chi connectivity index (χ0v) is 9.13. The van der Waals surface area contributed by atoms with Gasteiger partial charge in [0.1, 0.15) is 0 Å². The van der Waals surface area contributed by atoms with Gasteiger partial charge in [-0.3, -0.25) is 4.79 Å². The molecule has 2 rings (SSSR count). The van der Waals surface area contributed by atoms with Crippen molar-refractivity contribution in [3.63, 3.8) is 0 Å². The molecule has 0 unspecified atom stereocenters. The number of hydrogen-bond donors (Lipinski definition) is 0. The van der Waals surface area contributed by atoms with E-state index in [-0.39, 0.29) is 10.7 Å². The van der Waals surface area contributed by atoms with Crippen molar-refractivity contribution in [2.45, 2.75) is 30.2 Å². The van der Waals surface area contributed by atoms with Crippen molar-refractivity contribution in [3.05, 3.63) is 0 Å². The normalized spacial score (nSPS) is 34.5. The maximum atomic E-state index is 11.5. The highest BCUT2D eigenvalue weighted by molar-refractivity contribution is 9.10. The Labute approximate surface area is 86.5 Å². The van der Waals surface area contributed by atoms with E-state index in [4.69, 9.17) is 4.74 Å². The lowest BCUT2D eigenvalue weighted by Gasteiger charge is -2.19. The van der Waals surface area contributed by atoms with Crippen molar-refractivity contribution in [2.24, 2.45) is 0 Å². The number of amides is 1. The lowest BCUT2D eigenvalue weighted by atomic mass is 10.2. The van der Waals surface area contributed by atoms with Gasteiger partial charge < -0.3 is 9.64 Å². The van der Waals surface area contributed by atoms with Crippen molar-refractivity contribution in [3.8, 4) is 0 Å². The summed E-state index contributed by atoms with van der Waals surface area (Å²) in [6, 6.07) is 0. The highest BCUT2D eigenvalue weighted by atomic mass is 79.9. The molecular formula is C9H14BrNO2. The molecule has 13 heavy (non-hydrogen) atoms. The molecule has 0 saturated carbocycles. The molecule has 74 valence electrons. The van der Waals surface area contributed by atoms with Crippen LogP contribution < -0.4 is 0 Å². The monoisotopic (exact) mass is 247 g/mol. The summed E-state index contributed by atoms with van der Waals surface area (Å²) in [5.74, 6) is 0.232. The molecular weight excluding hydrogens is 234 g/mol. The summed E-state index contributed by atoms with van der Waals surface area (Å²) >= 11 is 3.36. The van der Waals surface area contributed by atoms with E-state index in [0.717, 1.165) is 39.0 Å². The summed E-state index contributed by atoms with van der Waals surface area (Å²) < 4.78 is 5.49. The fourth-order valence-electron chi connectivity index (χ4n) is 1.92. The van der Waals surface area contributed by atoms with Crippen molar-refractivity contribution in [1.29, 1.82) is 0 Å². The number of carbonyl (C=O) groups excluding carboxylic acids is 1. The molecule has 0 aromatic rings. The van der Waals surface area contributed by atoms with Crippen LogP contribution in [-0.4, -0.2) is 41.4 Å². The van der Waals surface area contributed by atoms with Crippen LogP contribution in [0.25, 0.3) is 0 Å². The second-order valence-corrected chi connectivity index (χ2v) is 4.78. The lowest BCUT2D eigenvalue weighted by molar-refractivity contribution is -0.128. The SMILES string of the molecule is O=C1[C@H](Br)CCN1C[C@@H]1CCCO1. The van der Waals surface area contributed by atoms with Crippen LogP contribution in [0.15, 0.2) is 0 Å². The Morgan fingerprint density at radius 1 is 1.54 bits per heavy atom. The minimum Gasteiger partial charge on any atom is -0.376 e.